The van der Waals surface area contributed by atoms with Crippen molar-refractivity contribution < 1.29 is 24.2 Å². The van der Waals surface area contributed by atoms with Gasteiger partial charge in [-0.3, -0.25) is 14.4 Å². The molecule has 2 aromatic rings. The summed E-state index contributed by atoms with van der Waals surface area (Å²) in [6.07, 6.45) is 0.835. The van der Waals surface area contributed by atoms with Crippen LogP contribution in [-0.2, 0) is 6.42 Å². The number of aromatic amines is 1. The third kappa shape index (κ3) is 3.66. The van der Waals surface area contributed by atoms with Crippen molar-refractivity contribution in [3.63, 3.8) is 0 Å². The van der Waals surface area contributed by atoms with Crippen LogP contribution in [0, 0.1) is 5.41 Å². The number of amides is 1. The van der Waals surface area contributed by atoms with Gasteiger partial charge in [0.2, 0.25) is 0 Å². The highest BCUT2D eigenvalue weighted by Gasteiger charge is 2.32. The number of nitrogens with one attached hydrogen (secondary N) is 2. The number of carboxylic acids is 1. The van der Waals surface area contributed by atoms with E-state index < -0.39 is 17.4 Å². The molecule has 28 heavy (non-hydrogen) atoms. The third-order valence-electron chi connectivity index (χ3n) is 4.67. The number of aromatic carboxylic acids is 1. The molecule has 1 heterocycles. The monoisotopic (exact) mass is 384 g/mol. The van der Waals surface area contributed by atoms with Gasteiger partial charge in [-0.05, 0) is 36.1 Å². The number of benzene rings is 1. The molecule has 1 aliphatic rings. The van der Waals surface area contributed by atoms with Crippen LogP contribution in [0.1, 0.15) is 57.0 Å². The maximum absolute atomic E-state index is 12.6. The van der Waals surface area contributed by atoms with Crippen molar-refractivity contribution in [2.75, 3.05) is 12.4 Å². The summed E-state index contributed by atoms with van der Waals surface area (Å²) in [7, 11) is 1.39. The number of fused-ring (bicyclic) bond motifs is 1. The Labute approximate surface area is 160 Å². The molecule has 0 fully saturated rings. The molecule has 1 aliphatic carbocycles. The van der Waals surface area contributed by atoms with Crippen LogP contribution >= 0.6 is 0 Å². The lowest BCUT2D eigenvalue weighted by atomic mass is 9.75. The molecule has 0 radical (unpaired) electrons. The lowest BCUT2D eigenvalue weighted by molar-refractivity contribution is 0.0697. The van der Waals surface area contributed by atoms with Gasteiger partial charge in [0.05, 0.1) is 18.4 Å². The van der Waals surface area contributed by atoms with Gasteiger partial charge in [-0.1, -0.05) is 13.8 Å². The largest absolute Gasteiger partial charge is 0.497 e. The topological polar surface area (TPSA) is 126 Å². The van der Waals surface area contributed by atoms with E-state index in [4.69, 9.17) is 4.74 Å². The summed E-state index contributed by atoms with van der Waals surface area (Å²) < 4.78 is 4.99. The zero-order chi connectivity index (χ0) is 20.6. The van der Waals surface area contributed by atoms with Crippen LogP contribution in [0.25, 0.3) is 0 Å². The van der Waals surface area contributed by atoms with Crippen LogP contribution in [-0.4, -0.2) is 34.9 Å². The number of hydrogen-bond acceptors (Lipinski definition) is 5. The number of H-pyrrole nitrogens is 1. The molecule has 0 saturated heterocycles. The lowest BCUT2D eigenvalue weighted by Crippen LogP contribution is -2.33. The molecule has 0 atom stereocenters. The molecule has 146 valence electrons. The number of carbonyl (C=O) groups is 3. The fraction of sp³-hybridized carbons (Fsp3) is 0.300. The number of carbonyl (C=O) groups excluding carboxylic acids is 2. The Balaban J connectivity index is 1.97. The Morgan fingerprint density at radius 3 is 2.50 bits per heavy atom. The molecule has 8 nitrogen and oxygen atoms in total. The number of anilines is 1. The van der Waals surface area contributed by atoms with E-state index in [1.165, 1.54) is 31.4 Å². The van der Waals surface area contributed by atoms with Crippen LogP contribution < -0.4 is 15.6 Å². The van der Waals surface area contributed by atoms with Crippen molar-refractivity contribution in [1.29, 1.82) is 0 Å². The van der Waals surface area contributed by atoms with Crippen LogP contribution in [0.15, 0.2) is 29.1 Å². The molecule has 1 aromatic heterocycles. The molecular weight excluding hydrogens is 364 g/mol. The van der Waals surface area contributed by atoms with Gasteiger partial charge in [0.1, 0.15) is 11.3 Å². The van der Waals surface area contributed by atoms with E-state index in [0.29, 0.717) is 29.8 Å². The molecule has 1 aromatic carbocycles. The van der Waals surface area contributed by atoms with Crippen LogP contribution in [0.2, 0.25) is 0 Å². The molecule has 0 aliphatic heterocycles. The van der Waals surface area contributed by atoms with Gasteiger partial charge < -0.3 is 20.1 Å². The Morgan fingerprint density at radius 1 is 1.14 bits per heavy atom. The van der Waals surface area contributed by atoms with Gasteiger partial charge in [-0.2, -0.15) is 0 Å². The molecule has 1 amide bonds. The van der Waals surface area contributed by atoms with Crippen LogP contribution in [0.4, 0.5) is 5.69 Å². The summed E-state index contributed by atoms with van der Waals surface area (Å²) in [4.78, 5) is 51.5. The Bertz CT molecular complexity index is 1050. The average molecular weight is 384 g/mol. The molecule has 3 rings (SSSR count). The standard InChI is InChI=1S/C20H20N2O6/c1-20(2)8-15-11(16(23)9-20)7-13(18(25)22-15)17(24)21-14-5-4-10(28-3)6-12(14)19(26)27/h4-7H,8-9H2,1-3H3,(H,21,24)(H,22,25)(H,26,27). The zero-order valence-corrected chi connectivity index (χ0v) is 15.7. The predicted molar refractivity (Wildman–Crippen MR) is 101 cm³/mol. The highest BCUT2D eigenvalue weighted by molar-refractivity contribution is 6.09. The fourth-order valence-corrected chi connectivity index (χ4v) is 3.32. The number of carboxylic acid groups (broad SMARTS) is 1. The Kier molecular flexibility index (Phi) is 4.80. The van der Waals surface area contributed by atoms with E-state index in [9.17, 15) is 24.3 Å². The number of aromatic nitrogens is 1. The van der Waals surface area contributed by atoms with E-state index in [0.717, 1.165) is 0 Å². The molecule has 8 heteroatoms. The van der Waals surface area contributed by atoms with Gasteiger partial charge in [0.25, 0.3) is 11.5 Å². The maximum Gasteiger partial charge on any atom is 0.337 e. The number of pyridine rings is 1. The number of Topliss-reactive ketones (excluding diaryl/α,β-unsaturated/α-hetero) is 1. The Morgan fingerprint density at radius 2 is 1.86 bits per heavy atom. The summed E-state index contributed by atoms with van der Waals surface area (Å²) in [5.41, 5.74) is -0.486. The molecule has 0 unspecified atom stereocenters. The summed E-state index contributed by atoms with van der Waals surface area (Å²) in [6, 6.07) is 5.41. The fourth-order valence-electron chi connectivity index (χ4n) is 3.32. The minimum atomic E-state index is -1.26. The number of methoxy groups -OCH3 is 1. The van der Waals surface area contributed by atoms with Gasteiger partial charge in [0.15, 0.2) is 5.78 Å². The minimum absolute atomic E-state index is 0.0166. The predicted octanol–water partition coefficient (Wildman–Crippen LogP) is 2.49. The molecule has 0 spiro atoms. The van der Waals surface area contributed by atoms with Crippen molar-refractivity contribution in [2.45, 2.75) is 26.7 Å². The quantitative estimate of drug-likeness (QED) is 0.744. The van der Waals surface area contributed by atoms with E-state index >= 15 is 0 Å². The molecule has 3 N–H and O–H groups in total. The van der Waals surface area contributed by atoms with Crippen LogP contribution in [0.3, 0.4) is 0 Å². The highest BCUT2D eigenvalue weighted by atomic mass is 16.5. The van der Waals surface area contributed by atoms with E-state index in [1.807, 2.05) is 13.8 Å². The van der Waals surface area contributed by atoms with Crippen molar-refractivity contribution in [3.05, 3.63) is 57.0 Å². The van der Waals surface area contributed by atoms with Crippen molar-refractivity contribution in [3.8, 4) is 5.75 Å². The smallest absolute Gasteiger partial charge is 0.337 e. The van der Waals surface area contributed by atoms with Gasteiger partial charge >= 0.3 is 5.97 Å². The second-order valence-corrected chi connectivity index (χ2v) is 7.52. The van der Waals surface area contributed by atoms with Gasteiger partial charge in [-0.15, -0.1) is 0 Å². The first-order valence-electron chi connectivity index (χ1n) is 8.63. The second kappa shape index (κ2) is 6.95. The van der Waals surface area contributed by atoms with Crippen LogP contribution in [0.5, 0.6) is 5.75 Å². The first kappa shape index (κ1) is 19.3. The summed E-state index contributed by atoms with van der Waals surface area (Å²) in [6.45, 7) is 3.87. The lowest BCUT2D eigenvalue weighted by Gasteiger charge is -2.29. The third-order valence-corrected chi connectivity index (χ3v) is 4.67. The van der Waals surface area contributed by atoms with Crippen molar-refractivity contribution in [2.24, 2.45) is 5.41 Å². The molecule has 0 bridgehead atoms. The highest BCUT2D eigenvalue weighted by Crippen LogP contribution is 2.33. The first-order chi connectivity index (χ1) is 13.1. The summed E-state index contributed by atoms with van der Waals surface area (Å²) >= 11 is 0. The Hall–Kier alpha value is -3.42. The number of hydrogen-bond donors (Lipinski definition) is 3. The SMILES string of the molecule is COc1ccc(NC(=O)c2cc3c([nH]c2=O)CC(C)(C)CC3=O)c(C(=O)O)c1. The average Bonchev–Trinajstić information content (AvgIpc) is 2.60. The van der Waals surface area contributed by atoms with E-state index in [2.05, 4.69) is 10.3 Å². The maximum atomic E-state index is 12.6. The second-order valence-electron chi connectivity index (χ2n) is 7.52. The van der Waals surface area contributed by atoms with Crippen molar-refractivity contribution >= 4 is 23.3 Å². The molecular formula is C20H20N2O6. The van der Waals surface area contributed by atoms with Gasteiger partial charge in [-0.25, -0.2) is 4.79 Å². The summed E-state index contributed by atoms with van der Waals surface area (Å²) in [5, 5.41) is 11.8. The summed E-state index contributed by atoms with van der Waals surface area (Å²) in [5.74, 6) is -1.89. The first-order valence-corrected chi connectivity index (χ1v) is 8.63. The number of ether oxygens (including phenoxy) is 1. The van der Waals surface area contributed by atoms with Crippen molar-refractivity contribution in [1.82, 2.24) is 4.98 Å². The molecule has 0 saturated carbocycles. The number of ketones is 1. The zero-order valence-electron chi connectivity index (χ0n) is 15.7. The van der Waals surface area contributed by atoms with Gasteiger partial charge in [0, 0.05) is 17.7 Å². The van der Waals surface area contributed by atoms with E-state index in [1.54, 1.807) is 0 Å². The number of rotatable bonds is 4. The minimum Gasteiger partial charge on any atom is -0.497 e. The normalized spacial score (nSPS) is 14.9. The van der Waals surface area contributed by atoms with E-state index in [-0.39, 0.29) is 28.0 Å².